The third-order valence-corrected chi connectivity index (χ3v) is 4.57. The number of nitrogens with two attached hydrogens (primary N) is 1. The summed E-state index contributed by atoms with van der Waals surface area (Å²) in [5.74, 6) is 0. The Morgan fingerprint density at radius 2 is 2.04 bits per heavy atom. The Balaban J connectivity index is 0.000000433. The van der Waals surface area contributed by atoms with Crippen LogP contribution in [0.5, 0.6) is 0 Å². The number of hydrogen-bond acceptors (Lipinski definition) is 5. The van der Waals surface area contributed by atoms with Crippen molar-refractivity contribution in [3.8, 4) is 0 Å². The molecule has 3 atom stereocenters. The number of nitrogens with one attached hydrogen (secondary N) is 2. The molecule has 2 aliphatic heterocycles. The van der Waals surface area contributed by atoms with E-state index in [1.807, 2.05) is 0 Å². The number of aliphatic imine (C=N–C) groups is 1. The number of likely N-dealkylation sites (tertiary alicyclic amines) is 1. The number of rotatable bonds is 5. The molecule has 2 heterocycles. The quantitative estimate of drug-likeness (QED) is 0.388. The Hall–Kier alpha value is -1.95. The maximum absolute atomic E-state index is 10.8. The zero-order chi connectivity index (χ0) is 20.5. The van der Waals surface area contributed by atoms with E-state index in [2.05, 4.69) is 47.5 Å². The van der Waals surface area contributed by atoms with Gasteiger partial charge in [-0.05, 0) is 46.1 Å². The van der Waals surface area contributed by atoms with Gasteiger partial charge in [-0.2, -0.15) is 0 Å². The van der Waals surface area contributed by atoms with E-state index >= 15 is 0 Å². The smallest absolute Gasteiger partial charge is 0.313 e. The van der Waals surface area contributed by atoms with Crippen LogP contribution >= 0.6 is 0 Å². The standard InChI is InChI=1S/C10H19N3O.C6H13N.C4H5NO/c1-3-9(12-10(11)14)13-7-5-4-6-8(13)2;1-6-4-2-3-5-7-6;1-2-3-5-4-6/h3,8-9H,1,4-7H2,2H3,(H3,11,12,14);6-7H,2-5H2,1H3;2H,1,3H2. The van der Waals surface area contributed by atoms with Crippen LogP contribution in [0.15, 0.2) is 30.3 Å². The second-order valence-electron chi connectivity index (χ2n) is 6.84. The fourth-order valence-electron chi connectivity index (χ4n) is 3.08. The van der Waals surface area contributed by atoms with Crippen molar-refractivity contribution in [3.63, 3.8) is 0 Å². The lowest BCUT2D eigenvalue weighted by Crippen LogP contribution is -2.53. The van der Waals surface area contributed by atoms with E-state index in [1.54, 1.807) is 6.08 Å². The molecule has 3 unspecified atom stereocenters. The van der Waals surface area contributed by atoms with Crippen molar-refractivity contribution in [2.45, 2.75) is 70.6 Å². The molecule has 0 aromatic heterocycles. The first-order chi connectivity index (χ1) is 13.0. The van der Waals surface area contributed by atoms with Gasteiger partial charge in [-0.1, -0.05) is 31.6 Å². The number of piperidine rings is 2. The van der Waals surface area contributed by atoms with Crippen LogP contribution in [0, 0.1) is 0 Å². The number of hydrogen-bond donors (Lipinski definition) is 3. The number of amides is 2. The number of primary amides is 1. The third kappa shape index (κ3) is 12.9. The monoisotopic (exact) mass is 379 g/mol. The zero-order valence-electron chi connectivity index (χ0n) is 17.0. The highest BCUT2D eigenvalue weighted by Gasteiger charge is 2.24. The Kier molecular flexibility index (Phi) is 15.1. The fraction of sp³-hybridized carbons (Fsp3) is 0.700. The molecular weight excluding hydrogens is 342 g/mol. The first-order valence-corrected chi connectivity index (χ1v) is 9.78. The molecule has 154 valence electrons. The van der Waals surface area contributed by atoms with Gasteiger partial charge in [-0.15, -0.1) is 6.58 Å². The van der Waals surface area contributed by atoms with E-state index in [0.29, 0.717) is 12.6 Å². The minimum Gasteiger partial charge on any atom is -0.352 e. The largest absolute Gasteiger partial charge is 0.352 e. The van der Waals surface area contributed by atoms with Gasteiger partial charge in [0.05, 0.1) is 6.54 Å². The van der Waals surface area contributed by atoms with E-state index in [9.17, 15) is 9.59 Å². The molecule has 2 saturated heterocycles. The summed E-state index contributed by atoms with van der Waals surface area (Å²) in [6.45, 7) is 14.1. The summed E-state index contributed by atoms with van der Waals surface area (Å²) >= 11 is 0. The van der Waals surface area contributed by atoms with E-state index < -0.39 is 6.03 Å². The second-order valence-corrected chi connectivity index (χ2v) is 6.84. The third-order valence-electron chi connectivity index (χ3n) is 4.57. The summed E-state index contributed by atoms with van der Waals surface area (Å²) in [7, 11) is 0. The molecule has 4 N–H and O–H groups in total. The molecule has 2 aliphatic rings. The van der Waals surface area contributed by atoms with Crippen LogP contribution in [0.3, 0.4) is 0 Å². The topological polar surface area (TPSA) is 99.8 Å². The summed E-state index contributed by atoms with van der Waals surface area (Å²) in [5.41, 5.74) is 5.10. The lowest BCUT2D eigenvalue weighted by molar-refractivity contribution is 0.115. The van der Waals surface area contributed by atoms with Gasteiger partial charge in [0.2, 0.25) is 6.08 Å². The second kappa shape index (κ2) is 16.2. The van der Waals surface area contributed by atoms with Crippen molar-refractivity contribution in [3.05, 3.63) is 25.3 Å². The highest BCUT2D eigenvalue weighted by atomic mass is 16.2. The molecule has 0 spiro atoms. The van der Waals surface area contributed by atoms with E-state index in [1.165, 1.54) is 57.2 Å². The van der Waals surface area contributed by atoms with Crippen molar-refractivity contribution < 1.29 is 9.59 Å². The van der Waals surface area contributed by atoms with Crippen molar-refractivity contribution in [2.24, 2.45) is 10.7 Å². The number of nitrogens with zero attached hydrogens (tertiary/aromatic N) is 2. The van der Waals surface area contributed by atoms with Gasteiger partial charge < -0.3 is 16.4 Å². The molecule has 7 nitrogen and oxygen atoms in total. The Morgan fingerprint density at radius 3 is 2.41 bits per heavy atom. The summed E-state index contributed by atoms with van der Waals surface area (Å²) in [4.78, 5) is 25.4. The lowest BCUT2D eigenvalue weighted by atomic mass is 10.0. The van der Waals surface area contributed by atoms with Gasteiger partial charge in [0, 0.05) is 18.6 Å². The number of carbonyl (C=O) groups is 1. The average Bonchev–Trinajstić information content (AvgIpc) is 2.66. The van der Waals surface area contributed by atoms with Gasteiger partial charge >= 0.3 is 6.03 Å². The molecule has 0 aliphatic carbocycles. The van der Waals surface area contributed by atoms with Crippen molar-refractivity contribution in [2.75, 3.05) is 19.6 Å². The van der Waals surface area contributed by atoms with Crippen molar-refractivity contribution in [1.82, 2.24) is 15.5 Å². The predicted molar refractivity (Wildman–Crippen MR) is 111 cm³/mol. The van der Waals surface area contributed by atoms with E-state index in [4.69, 9.17) is 5.73 Å². The molecule has 0 aromatic rings. The maximum Gasteiger partial charge on any atom is 0.313 e. The molecule has 2 rings (SSSR count). The van der Waals surface area contributed by atoms with Crippen LogP contribution in [0.2, 0.25) is 0 Å². The highest BCUT2D eigenvalue weighted by Crippen LogP contribution is 2.18. The van der Waals surface area contributed by atoms with Gasteiger partial charge in [0.15, 0.2) is 0 Å². The minimum atomic E-state index is -0.493. The van der Waals surface area contributed by atoms with Crippen molar-refractivity contribution in [1.29, 1.82) is 0 Å². The van der Waals surface area contributed by atoms with Crippen LogP contribution in [0.4, 0.5) is 4.79 Å². The van der Waals surface area contributed by atoms with Crippen LogP contribution < -0.4 is 16.4 Å². The van der Waals surface area contributed by atoms with Gasteiger partial charge in [0.1, 0.15) is 6.17 Å². The zero-order valence-corrected chi connectivity index (χ0v) is 17.0. The molecule has 2 amide bonds. The summed E-state index contributed by atoms with van der Waals surface area (Å²) in [6.07, 6.45) is 12.3. The molecule has 0 saturated carbocycles. The SMILES string of the molecule is C=CC(NC(N)=O)N1CCCCC1C.C=CCN=C=O.CC1CCCCN1. The van der Waals surface area contributed by atoms with Gasteiger partial charge in [0.25, 0.3) is 0 Å². The van der Waals surface area contributed by atoms with Crippen molar-refractivity contribution >= 4 is 12.1 Å². The van der Waals surface area contributed by atoms with Crippen LogP contribution in [-0.4, -0.2) is 54.9 Å². The molecule has 7 heteroatoms. The molecule has 2 fully saturated rings. The lowest BCUT2D eigenvalue weighted by Gasteiger charge is -2.38. The van der Waals surface area contributed by atoms with Crippen LogP contribution in [0.1, 0.15) is 52.4 Å². The first-order valence-electron chi connectivity index (χ1n) is 9.78. The molecular formula is C20H37N5O2. The fourth-order valence-corrected chi connectivity index (χ4v) is 3.08. The Morgan fingerprint density at radius 1 is 1.33 bits per heavy atom. The molecule has 0 bridgehead atoms. The maximum atomic E-state index is 10.8. The highest BCUT2D eigenvalue weighted by molar-refractivity contribution is 5.72. The summed E-state index contributed by atoms with van der Waals surface area (Å²) < 4.78 is 0. The molecule has 0 radical (unpaired) electrons. The van der Waals surface area contributed by atoms with E-state index in [0.717, 1.165) is 12.6 Å². The Labute approximate surface area is 164 Å². The van der Waals surface area contributed by atoms with Crippen LogP contribution in [0.25, 0.3) is 0 Å². The summed E-state index contributed by atoms with van der Waals surface area (Å²) in [6, 6.07) is 0.778. The number of isocyanates is 1. The normalized spacial score (nSPS) is 23.0. The van der Waals surface area contributed by atoms with Gasteiger partial charge in [-0.25, -0.2) is 14.6 Å². The minimum absolute atomic E-state index is 0.122. The predicted octanol–water partition coefficient (Wildman–Crippen LogP) is 2.70. The Bertz CT molecular complexity index is 471. The van der Waals surface area contributed by atoms with E-state index in [-0.39, 0.29) is 6.17 Å². The first kappa shape index (κ1) is 25.1. The number of urea groups is 1. The summed E-state index contributed by atoms with van der Waals surface area (Å²) in [5, 5.41) is 6.06. The molecule has 27 heavy (non-hydrogen) atoms. The molecule has 0 aromatic carbocycles. The van der Waals surface area contributed by atoms with Crippen LogP contribution in [-0.2, 0) is 4.79 Å². The van der Waals surface area contributed by atoms with Gasteiger partial charge in [-0.3, -0.25) is 4.90 Å². The number of carbonyl (C=O) groups excluding carboxylic acids is 2. The average molecular weight is 380 g/mol.